The Bertz CT molecular complexity index is 684. The predicted octanol–water partition coefficient (Wildman–Crippen LogP) is 1.94. The summed E-state index contributed by atoms with van der Waals surface area (Å²) in [5.74, 6) is 1.08. The number of amides is 3. The number of hydrogen-bond acceptors (Lipinski definition) is 5. The van der Waals surface area contributed by atoms with Crippen molar-refractivity contribution in [2.24, 2.45) is 5.92 Å². The van der Waals surface area contributed by atoms with Crippen LogP contribution in [0.15, 0.2) is 12.1 Å². The van der Waals surface area contributed by atoms with E-state index < -0.39 is 0 Å². The third kappa shape index (κ3) is 4.26. The molecule has 1 aromatic rings. The molecule has 2 atom stereocenters. The minimum atomic E-state index is -0.338. The number of nitrogens with zero attached hydrogens (tertiary/aromatic N) is 2. The molecule has 0 saturated carbocycles. The normalized spacial score (nSPS) is 18.6. The summed E-state index contributed by atoms with van der Waals surface area (Å²) in [7, 11) is 6.45. The Morgan fingerprint density at radius 2 is 1.71 bits per heavy atom. The second-order valence-electron chi connectivity index (χ2n) is 6.76. The van der Waals surface area contributed by atoms with Crippen LogP contribution in [0.5, 0.6) is 17.2 Å². The Hall–Kier alpha value is -2.64. The zero-order chi connectivity index (χ0) is 20.8. The summed E-state index contributed by atoms with van der Waals surface area (Å²) in [6, 6.07) is 3.56. The number of carbonyl (C=O) groups is 2. The molecular formula is C20H31N3O5. The molecule has 3 amide bonds. The molecular weight excluding hydrogens is 362 g/mol. The molecule has 2 rings (SSSR count). The van der Waals surface area contributed by atoms with E-state index in [4.69, 9.17) is 14.2 Å². The molecule has 1 heterocycles. The molecule has 0 aliphatic carbocycles. The molecule has 1 fully saturated rings. The lowest BCUT2D eigenvalue weighted by Crippen LogP contribution is -2.40. The largest absolute Gasteiger partial charge is 0.493 e. The van der Waals surface area contributed by atoms with Crippen LogP contribution in [0.2, 0.25) is 0 Å². The van der Waals surface area contributed by atoms with Gasteiger partial charge in [-0.15, -0.1) is 0 Å². The van der Waals surface area contributed by atoms with Crippen molar-refractivity contribution in [1.29, 1.82) is 0 Å². The number of nitrogens with one attached hydrogen (secondary N) is 1. The number of ether oxygens (including phenoxy) is 3. The van der Waals surface area contributed by atoms with E-state index in [1.165, 1.54) is 0 Å². The van der Waals surface area contributed by atoms with Gasteiger partial charge in [-0.1, -0.05) is 0 Å². The van der Waals surface area contributed by atoms with E-state index in [0.29, 0.717) is 43.4 Å². The van der Waals surface area contributed by atoms with Gasteiger partial charge in [0.1, 0.15) is 0 Å². The molecule has 1 N–H and O–H groups in total. The lowest BCUT2D eigenvalue weighted by atomic mass is 9.87. The number of likely N-dealkylation sites (tertiary alicyclic amines) is 1. The van der Waals surface area contributed by atoms with E-state index in [9.17, 15) is 9.59 Å². The fourth-order valence-corrected chi connectivity index (χ4v) is 3.58. The first kappa shape index (κ1) is 21.7. The van der Waals surface area contributed by atoms with Crippen LogP contribution in [0.1, 0.15) is 25.3 Å². The van der Waals surface area contributed by atoms with Gasteiger partial charge in [0.25, 0.3) is 0 Å². The fourth-order valence-electron chi connectivity index (χ4n) is 3.58. The molecule has 1 aromatic carbocycles. The highest BCUT2D eigenvalue weighted by Gasteiger charge is 2.42. The van der Waals surface area contributed by atoms with Gasteiger partial charge in [-0.2, -0.15) is 0 Å². The molecule has 0 spiro atoms. The lowest BCUT2D eigenvalue weighted by molar-refractivity contribution is -0.133. The van der Waals surface area contributed by atoms with Gasteiger partial charge in [0, 0.05) is 39.1 Å². The molecule has 8 heteroatoms. The predicted molar refractivity (Wildman–Crippen MR) is 106 cm³/mol. The second kappa shape index (κ2) is 9.52. The standard InChI is InChI=1S/C20H31N3O5/c1-7-21-20(25)23-11-14(15(12-23)19(24)22(3)8-2)13-9-16(26-4)18(28-6)17(10-13)27-5/h9-10,14-15H,7-8,11-12H2,1-6H3,(H,21,25). The van der Waals surface area contributed by atoms with E-state index in [-0.39, 0.29) is 23.8 Å². The molecule has 0 aromatic heterocycles. The van der Waals surface area contributed by atoms with Gasteiger partial charge in [0.15, 0.2) is 11.5 Å². The van der Waals surface area contributed by atoms with Crippen molar-refractivity contribution in [3.05, 3.63) is 17.7 Å². The maximum absolute atomic E-state index is 13.0. The van der Waals surface area contributed by atoms with Crippen LogP contribution in [-0.2, 0) is 4.79 Å². The van der Waals surface area contributed by atoms with Crippen LogP contribution in [0.3, 0.4) is 0 Å². The second-order valence-corrected chi connectivity index (χ2v) is 6.76. The molecule has 0 radical (unpaired) electrons. The van der Waals surface area contributed by atoms with Gasteiger partial charge in [-0.05, 0) is 31.5 Å². The van der Waals surface area contributed by atoms with Crippen molar-refractivity contribution in [3.8, 4) is 17.2 Å². The Kier molecular flexibility index (Phi) is 7.37. The Labute approximate surface area is 166 Å². The van der Waals surface area contributed by atoms with Gasteiger partial charge in [-0.3, -0.25) is 4.79 Å². The zero-order valence-electron chi connectivity index (χ0n) is 17.6. The average Bonchev–Trinajstić information content (AvgIpc) is 3.17. The van der Waals surface area contributed by atoms with Gasteiger partial charge >= 0.3 is 6.03 Å². The van der Waals surface area contributed by atoms with Gasteiger partial charge < -0.3 is 29.3 Å². The summed E-state index contributed by atoms with van der Waals surface area (Å²) >= 11 is 0. The van der Waals surface area contributed by atoms with E-state index in [0.717, 1.165) is 5.56 Å². The number of methoxy groups -OCH3 is 3. The molecule has 0 bridgehead atoms. The Morgan fingerprint density at radius 1 is 1.11 bits per heavy atom. The summed E-state index contributed by atoms with van der Waals surface area (Å²) < 4.78 is 16.3. The van der Waals surface area contributed by atoms with E-state index in [1.807, 2.05) is 26.0 Å². The first-order chi connectivity index (χ1) is 13.4. The first-order valence-electron chi connectivity index (χ1n) is 9.49. The average molecular weight is 393 g/mol. The molecule has 1 aliphatic rings. The third-order valence-electron chi connectivity index (χ3n) is 5.22. The molecule has 156 valence electrons. The van der Waals surface area contributed by atoms with E-state index in [2.05, 4.69) is 5.32 Å². The van der Waals surface area contributed by atoms with Crippen LogP contribution in [0.4, 0.5) is 4.79 Å². The van der Waals surface area contributed by atoms with Crippen molar-refractivity contribution in [2.45, 2.75) is 19.8 Å². The van der Waals surface area contributed by atoms with Crippen molar-refractivity contribution in [1.82, 2.24) is 15.1 Å². The van der Waals surface area contributed by atoms with Gasteiger partial charge in [-0.25, -0.2) is 4.79 Å². The molecule has 28 heavy (non-hydrogen) atoms. The van der Waals surface area contributed by atoms with Crippen LogP contribution in [0.25, 0.3) is 0 Å². The summed E-state index contributed by atoms with van der Waals surface area (Å²) in [5, 5.41) is 2.82. The number of benzene rings is 1. The molecule has 8 nitrogen and oxygen atoms in total. The topological polar surface area (TPSA) is 80.3 Å². The quantitative estimate of drug-likeness (QED) is 0.766. The van der Waals surface area contributed by atoms with Crippen molar-refractivity contribution in [3.63, 3.8) is 0 Å². The number of hydrogen-bond donors (Lipinski definition) is 1. The SMILES string of the molecule is CCNC(=O)N1CC(C(=O)N(C)CC)C(c2cc(OC)c(OC)c(OC)c2)C1. The van der Waals surface area contributed by atoms with Crippen LogP contribution < -0.4 is 19.5 Å². The zero-order valence-corrected chi connectivity index (χ0v) is 17.6. The summed E-state index contributed by atoms with van der Waals surface area (Å²) in [4.78, 5) is 28.8. The lowest BCUT2D eigenvalue weighted by Gasteiger charge is -2.24. The number of rotatable bonds is 7. The third-order valence-corrected chi connectivity index (χ3v) is 5.22. The van der Waals surface area contributed by atoms with Crippen molar-refractivity contribution < 1.29 is 23.8 Å². The van der Waals surface area contributed by atoms with Crippen molar-refractivity contribution >= 4 is 11.9 Å². The van der Waals surface area contributed by atoms with Gasteiger partial charge in [0.2, 0.25) is 11.7 Å². The van der Waals surface area contributed by atoms with E-state index in [1.54, 1.807) is 38.2 Å². The van der Waals surface area contributed by atoms with Crippen LogP contribution in [0, 0.1) is 5.92 Å². The highest BCUT2D eigenvalue weighted by Crippen LogP contribution is 2.43. The molecule has 1 aliphatic heterocycles. The van der Waals surface area contributed by atoms with E-state index >= 15 is 0 Å². The fraction of sp³-hybridized carbons (Fsp3) is 0.600. The highest BCUT2D eigenvalue weighted by atomic mass is 16.5. The first-order valence-corrected chi connectivity index (χ1v) is 9.49. The highest BCUT2D eigenvalue weighted by molar-refractivity contribution is 5.83. The smallest absolute Gasteiger partial charge is 0.317 e. The minimum Gasteiger partial charge on any atom is -0.493 e. The molecule has 1 saturated heterocycles. The number of urea groups is 1. The van der Waals surface area contributed by atoms with Gasteiger partial charge in [0.05, 0.1) is 27.2 Å². The summed E-state index contributed by atoms with van der Waals surface area (Å²) in [5.41, 5.74) is 0.879. The maximum Gasteiger partial charge on any atom is 0.317 e. The maximum atomic E-state index is 13.0. The molecule has 2 unspecified atom stereocenters. The van der Waals surface area contributed by atoms with Crippen LogP contribution in [-0.4, -0.2) is 76.3 Å². The Morgan fingerprint density at radius 3 is 2.18 bits per heavy atom. The summed E-state index contributed by atoms with van der Waals surface area (Å²) in [6.45, 7) is 5.77. The van der Waals surface area contributed by atoms with Crippen LogP contribution >= 0.6 is 0 Å². The summed E-state index contributed by atoms with van der Waals surface area (Å²) in [6.07, 6.45) is 0. The number of carbonyl (C=O) groups excluding carboxylic acids is 2. The Balaban J connectivity index is 2.46. The monoisotopic (exact) mass is 393 g/mol. The van der Waals surface area contributed by atoms with Crippen molar-refractivity contribution in [2.75, 3.05) is 54.6 Å². The minimum absolute atomic E-state index is 0.0213.